The van der Waals surface area contributed by atoms with Crippen molar-refractivity contribution in [2.24, 2.45) is 52.3 Å². The third kappa shape index (κ3) is 5.38. The second kappa shape index (κ2) is 10.8. The molecule has 0 bridgehead atoms. The molecule has 38 heavy (non-hydrogen) atoms. The smallest absolute Gasteiger partial charge is 0.108 e. The highest BCUT2D eigenvalue weighted by molar-refractivity contribution is 5.10. The van der Waals surface area contributed by atoms with Gasteiger partial charge in [0.2, 0.25) is 0 Å². The summed E-state index contributed by atoms with van der Waals surface area (Å²) in [5.74, 6) is 6.47. The highest BCUT2D eigenvalue weighted by atomic mass is 16.5. The van der Waals surface area contributed by atoms with Crippen LogP contribution >= 0.6 is 0 Å². The van der Waals surface area contributed by atoms with Gasteiger partial charge in [0.05, 0.1) is 24.4 Å². The van der Waals surface area contributed by atoms with E-state index in [2.05, 4.69) is 71.9 Å². The van der Waals surface area contributed by atoms with Gasteiger partial charge in [-0.1, -0.05) is 59.1 Å². The highest BCUT2D eigenvalue weighted by Gasteiger charge is 2.60. The zero-order valence-electron chi connectivity index (χ0n) is 26.1. The van der Waals surface area contributed by atoms with Crippen molar-refractivity contribution in [3.05, 3.63) is 11.9 Å². The second-order valence-electron chi connectivity index (χ2n) is 16.2. The quantitative estimate of drug-likeness (QED) is 0.340. The third-order valence-electron chi connectivity index (χ3n) is 12.5. The van der Waals surface area contributed by atoms with Crippen LogP contribution in [0.2, 0.25) is 0 Å². The molecule has 4 saturated carbocycles. The molecule has 4 aliphatic carbocycles. The molecular formula is C34H59N3O. The number of ether oxygens (including phenoxy) is 1. The van der Waals surface area contributed by atoms with E-state index in [1.165, 1.54) is 77.0 Å². The molecule has 0 N–H and O–H groups in total. The summed E-state index contributed by atoms with van der Waals surface area (Å²) >= 11 is 0. The molecule has 1 aromatic rings. The van der Waals surface area contributed by atoms with Gasteiger partial charge >= 0.3 is 0 Å². The van der Waals surface area contributed by atoms with E-state index in [9.17, 15) is 0 Å². The van der Waals surface area contributed by atoms with Crippen LogP contribution in [0.3, 0.4) is 0 Å². The van der Waals surface area contributed by atoms with Gasteiger partial charge in [-0.3, -0.25) is 0 Å². The van der Waals surface area contributed by atoms with Crippen LogP contribution in [0.5, 0.6) is 0 Å². The van der Waals surface area contributed by atoms with E-state index >= 15 is 0 Å². The lowest BCUT2D eigenvalue weighted by Crippen LogP contribution is -2.54. The minimum Gasteiger partial charge on any atom is -0.372 e. The Kier molecular flexibility index (Phi) is 8.15. The fourth-order valence-electron chi connectivity index (χ4n) is 10.3. The molecule has 4 unspecified atom stereocenters. The van der Waals surface area contributed by atoms with Crippen molar-refractivity contribution in [3.63, 3.8) is 0 Å². The average molecular weight is 526 g/mol. The van der Waals surface area contributed by atoms with Crippen molar-refractivity contribution in [2.75, 3.05) is 0 Å². The first-order valence-electron chi connectivity index (χ1n) is 16.4. The molecule has 0 saturated heterocycles. The molecule has 0 aromatic carbocycles. The number of rotatable bonds is 8. The number of nitrogens with zero attached hydrogens (tertiary/aromatic N) is 3. The van der Waals surface area contributed by atoms with Crippen LogP contribution in [0.1, 0.15) is 138 Å². The summed E-state index contributed by atoms with van der Waals surface area (Å²) in [7, 11) is 0. The van der Waals surface area contributed by atoms with E-state index in [0.717, 1.165) is 47.1 Å². The molecule has 216 valence electrons. The monoisotopic (exact) mass is 525 g/mol. The molecule has 4 nitrogen and oxygen atoms in total. The van der Waals surface area contributed by atoms with Gasteiger partial charge in [-0.25, -0.2) is 4.68 Å². The zero-order chi connectivity index (χ0) is 27.3. The van der Waals surface area contributed by atoms with Crippen molar-refractivity contribution < 1.29 is 4.74 Å². The molecule has 1 aromatic heterocycles. The molecular weight excluding hydrogens is 466 g/mol. The first kappa shape index (κ1) is 28.6. The normalized spacial score (nSPS) is 40.0. The van der Waals surface area contributed by atoms with Crippen LogP contribution in [0.4, 0.5) is 0 Å². The fraction of sp³-hybridized carbons (Fsp3) is 0.941. The second-order valence-corrected chi connectivity index (χ2v) is 16.2. The van der Waals surface area contributed by atoms with Crippen molar-refractivity contribution in [2.45, 2.75) is 151 Å². The van der Waals surface area contributed by atoms with E-state index in [1.54, 1.807) is 0 Å². The predicted octanol–water partition coefficient (Wildman–Crippen LogP) is 9.04. The van der Waals surface area contributed by atoms with E-state index in [1.807, 2.05) is 4.68 Å². The highest BCUT2D eigenvalue weighted by Crippen LogP contribution is 2.68. The van der Waals surface area contributed by atoms with Crippen molar-refractivity contribution in [1.82, 2.24) is 15.0 Å². The van der Waals surface area contributed by atoms with E-state index < -0.39 is 0 Å². The Hall–Kier alpha value is -0.900. The van der Waals surface area contributed by atoms with Crippen LogP contribution in [0.15, 0.2) is 6.20 Å². The maximum Gasteiger partial charge on any atom is 0.108 e. The largest absolute Gasteiger partial charge is 0.372 e. The lowest BCUT2D eigenvalue weighted by atomic mass is 9.44. The van der Waals surface area contributed by atoms with Gasteiger partial charge < -0.3 is 4.74 Å². The van der Waals surface area contributed by atoms with Gasteiger partial charge in [-0.15, -0.1) is 5.10 Å². The standard InChI is InChI=1S/C34H59N3O/c1-23(2)10-9-11-24(3)29-14-15-30-28-13-12-25-20-27(38-22-26-21-37(36-35-26)32(4,5)6)16-18-33(25,7)31(28)17-19-34(29,30)8/h21,23-25,27-31H,9-20,22H2,1-8H3/t24-,25?,27+,28?,29-,30?,31?,33+,34-/m1/s1. The summed E-state index contributed by atoms with van der Waals surface area (Å²) < 4.78 is 8.44. The van der Waals surface area contributed by atoms with Gasteiger partial charge in [0, 0.05) is 0 Å². The van der Waals surface area contributed by atoms with Gasteiger partial charge in [0.25, 0.3) is 0 Å². The fourth-order valence-corrected chi connectivity index (χ4v) is 10.3. The Bertz CT molecular complexity index is 932. The van der Waals surface area contributed by atoms with E-state index in [0.29, 0.717) is 23.5 Å². The van der Waals surface area contributed by atoms with Gasteiger partial charge in [0.15, 0.2) is 0 Å². The molecule has 5 rings (SSSR count). The molecule has 0 radical (unpaired) electrons. The summed E-state index contributed by atoms with van der Waals surface area (Å²) in [6.07, 6.45) is 19.5. The van der Waals surface area contributed by atoms with Crippen LogP contribution in [-0.2, 0) is 16.9 Å². The minimum atomic E-state index is -0.0300. The van der Waals surface area contributed by atoms with Crippen molar-refractivity contribution >= 4 is 0 Å². The topological polar surface area (TPSA) is 39.9 Å². The van der Waals surface area contributed by atoms with Crippen molar-refractivity contribution in [3.8, 4) is 0 Å². The molecule has 0 spiro atoms. The number of fused-ring (bicyclic) bond motifs is 5. The lowest BCUT2D eigenvalue weighted by molar-refractivity contribution is -0.138. The minimum absolute atomic E-state index is 0.0300. The molecule has 0 aliphatic heterocycles. The van der Waals surface area contributed by atoms with Crippen LogP contribution < -0.4 is 0 Å². The first-order chi connectivity index (χ1) is 17.9. The lowest BCUT2D eigenvalue weighted by Gasteiger charge is -2.61. The van der Waals surface area contributed by atoms with Crippen LogP contribution in [-0.4, -0.2) is 21.1 Å². The molecule has 0 amide bonds. The first-order valence-corrected chi connectivity index (χ1v) is 16.4. The molecule has 4 aliphatic rings. The summed E-state index contributed by atoms with van der Waals surface area (Å²) in [5, 5.41) is 8.71. The Morgan fingerprint density at radius 3 is 2.39 bits per heavy atom. The van der Waals surface area contributed by atoms with Gasteiger partial charge in [-0.05, 0) is 131 Å². The predicted molar refractivity (Wildman–Crippen MR) is 157 cm³/mol. The Morgan fingerprint density at radius 1 is 0.947 bits per heavy atom. The van der Waals surface area contributed by atoms with E-state index in [-0.39, 0.29) is 5.54 Å². The Balaban J connectivity index is 1.18. The zero-order valence-corrected chi connectivity index (χ0v) is 26.1. The summed E-state index contributed by atoms with van der Waals surface area (Å²) in [6.45, 7) is 19.9. The van der Waals surface area contributed by atoms with Gasteiger partial charge in [-0.2, -0.15) is 0 Å². The molecule has 4 heteroatoms. The van der Waals surface area contributed by atoms with Crippen LogP contribution in [0, 0.1) is 52.3 Å². The van der Waals surface area contributed by atoms with Gasteiger partial charge in [0.1, 0.15) is 5.69 Å². The molecule has 4 fully saturated rings. The summed E-state index contributed by atoms with van der Waals surface area (Å²) in [5.41, 5.74) is 2.07. The molecule has 1 heterocycles. The number of hydrogen-bond acceptors (Lipinski definition) is 3. The number of aromatic nitrogens is 3. The Labute approximate surface area is 234 Å². The average Bonchev–Trinajstić information content (AvgIpc) is 3.47. The van der Waals surface area contributed by atoms with E-state index in [4.69, 9.17) is 4.74 Å². The SMILES string of the molecule is CC(C)CCC[C@@H](C)[C@H]1CCC2C3CCC4C[C@@H](OCc5cn(C(C)(C)C)nn5)CC[C@]4(C)C3CC[C@@]21C. The maximum atomic E-state index is 6.48. The maximum absolute atomic E-state index is 6.48. The number of hydrogen-bond donors (Lipinski definition) is 0. The summed E-state index contributed by atoms with van der Waals surface area (Å²) in [6, 6.07) is 0. The summed E-state index contributed by atoms with van der Waals surface area (Å²) in [4.78, 5) is 0. The Morgan fingerprint density at radius 2 is 1.68 bits per heavy atom. The third-order valence-corrected chi connectivity index (χ3v) is 12.5. The molecule has 9 atom stereocenters. The van der Waals surface area contributed by atoms with Crippen LogP contribution in [0.25, 0.3) is 0 Å². The van der Waals surface area contributed by atoms with Crippen molar-refractivity contribution in [1.29, 1.82) is 0 Å².